The highest BCUT2D eigenvalue weighted by molar-refractivity contribution is 5.76. The molecule has 0 bridgehead atoms. The molecule has 3 unspecified atom stereocenters. The smallest absolute Gasteiger partial charge is 0.220 e. The molecule has 0 aliphatic heterocycles. The lowest BCUT2D eigenvalue weighted by Gasteiger charge is -2.19. The maximum Gasteiger partial charge on any atom is 0.220 e. The Labute approximate surface area is 122 Å². The monoisotopic (exact) mass is 287 g/mol. The van der Waals surface area contributed by atoms with Crippen LogP contribution in [0.1, 0.15) is 58.8 Å². The molecule has 5 heteroatoms. The lowest BCUT2D eigenvalue weighted by molar-refractivity contribution is -0.312. The van der Waals surface area contributed by atoms with E-state index in [9.17, 15) is 14.7 Å². The fraction of sp³-hybridized carbons (Fsp3) is 0.800. The fourth-order valence-electron chi connectivity index (χ4n) is 2.20. The third kappa shape index (κ3) is 9.67. The van der Waals surface area contributed by atoms with Gasteiger partial charge in [0.1, 0.15) is 0 Å². The SMILES string of the molecule is CCC(CCCC(CCCC(C)O)C(=O)[O-])C(N)=O.[CH3+]. The van der Waals surface area contributed by atoms with Crippen LogP contribution in [0.15, 0.2) is 0 Å². The van der Waals surface area contributed by atoms with Gasteiger partial charge in [-0.15, -0.1) is 0 Å². The fourth-order valence-corrected chi connectivity index (χ4v) is 2.20. The molecule has 118 valence electrons. The Morgan fingerprint density at radius 2 is 1.55 bits per heavy atom. The summed E-state index contributed by atoms with van der Waals surface area (Å²) >= 11 is 0. The Morgan fingerprint density at radius 1 is 1.10 bits per heavy atom. The molecular weight excluding hydrogens is 258 g/mol. The van der Waals surface area contributed by atoms with E-state index in [1.807, 2.05) is 6.92 Å². The van der Waals surface area contributed by atoms with Gasteiger partial charge in [0.25, 0.3) is 0 Å². The van der Waals surface area contributed by atoms with E-state index in [4.69, 9.17) is 10.8 Å². The maximum absolute atomic E-state index is 11.1. The van der Waals surface area contributed by atoms with Crippen molar-refractivity contribution >= 4 is 11.9 Å². The van der Waals surface area contributed by atoms with Gasteiger partial charge in [-0.3, -0.25) is 4.79 Å². The first-order chi connectivity index (χ1) is 8.88. The number of hydrogen-bond acceptors (Lipinski definition) is 4. The van der Waals surface area contributed by atoms with E-state index in [2.05, 4.69) is 0 Å². The van der Waals surface area contributed by atoms with Crippen molar-refractivity contribution in [1.82, 2.24) is 0 Å². The zero-order chi connectivity index (χ0) is 14.8. The summed E-state index contributed by atoms with van der Waals surface area (Å²) in [7, 11) is 0. The number of rotatable bonds is 11. The quantitative estimate of drug-likeness (QED) is 0.554. The molecule has 0 aliphatic carbocycles. The number of hydrogen-bond donors (Lipinski definition) is 2. The number of carbonyl (C=O) groups excluding carboxylic acids is 2. The zero-order valence-corrected chi connectivity index (χ0v) is 12.9. The van der Waals surface area contributed by atoms with Crippen LogP contribution in [0.25, 0.3) is 0 Å². The lowest BCUT2D eigenvalue weighted by Crippen LogP contribution is -2.31. The molecule has 0 saturated heterocycles. The third-order valence-electron chi connectivity index (χ3n) is 3.51. The molecule has 0 aromatic heterocycles. The third-order valence-corrected chi connectivity index (χ3v) is 3.51. The number of aliphatic hydroxyl groups excluding tert-OH is 1. The zero-order valence-electron chi connectivity index (χ0n) is 12.9. The van der Waals surface area contributed by atoms with Crippen molar-refractivity contribution in [2.24, 2.45) is 17.6 Å². The summed E-state index contributed by atoms with van der Waals surface area (Å²) in [4.78, 5) is 22.0. The molecule has 0 heterocycles. The minimum atomic E-state index is -1.04. The second kappa shape index (κ2) is 11.6. The van der Waals surface area contributed by atoms with Crippen LogP contribution in [0, 0.1) is 19.3 Å². The minimum absolute atomic E-state index is 0. The Balaban J connectivity index is 0. The topological polar surface area (TPSA) is 103 Å². The molecule has 3 atom stereocenters. The van der Waals surface area contributed by atoms with Gasteiger partial charge in [0.05, 0.1) is 6.10 Å². The molecule has 0 aliphatic rings. The van der Waals surface area contributed by atoms with Crippen molar-refractivity contribution in [2.75, 3.05) is 0 Å². The molecular formula is C15H29NO4. The van der Waals surface area contributed by atoms with Crippen LogP contribution in [-0.4, -0.2) is 23.1 Å². The number of amides is 1. The highest BCUT2D eigenvalue weighted by Crippen LogP contribution is 2.19. The van der Waals surface area contributed by atoms with Gasteiger partial charge in [-0.25, -0.2) is 0 Å². The summed E-state index contributed by atoms with van der Waals surface area (Å²) in [5, 5.41) is 20.1. The summed E-state index contributed by atoms with van der Waals surface area (Å²) in [5.74, 6) is -2.02. The number of carboxylic acid groups (broad SMARTS) is 1. The Bertz CT molecular complexity index is 279. The Hall–Kier alpha value is -1.23. The van der Waals surface area contributed by atoms with E-state index in [0.29, 0.717) is 44.9 Å². The molecule has 0 saturated carbocycles. The summed E-state index contributed by atoms with van der Waals surface area (Å²) in [6.07, 6.45) is 3.87. The average Bonchev–Trinajstić information content (AvgIpc) is 2.31. The van der Waals surface area contributed by atoms with E-state index < -0.39 is 18.0 Å². The van der Waals surface area contributed by atoms with Crippen molar-refractivity contribution < 1.29 is 19.8 Å². The number of nitrogens with two attached hydrogens (primary N) is 1. The molecule has 1 amide bonds. The molecule has 0 aromatic carbocycles. The van der Waals surface area contributed by atoms with E-state index >= 15 is 0 Å². The van der Waals surface area contributed by atoms with Crippen LogP contribution in [-0.2, 0) is 9.59 Å². The van der Waals surface area contributed by atoms with Crippen LogP contribution in [0.2, 0.25) is 0 Å². The highest BCUT2D eigenvalue weighted by atomic mass is 16.4. The predicted octanol–water partition coefficient (Wildman–Crippen LogP) is 1.04. The second-order valence-corrected chi connectivity index (χ2v) is 5.23. The predicted molar refractivity (Wildman–Crippen MR) is 77.3 cm³/mol. The Morgan fingerprint density at radius 3 is 1.90 bits per heavy atom. The van der Waals surface area contributed by atoms with Crippen molar-refractivity contribution in [3.05, 3.63) is 7.43 Å². The van der Waals surface area contributed by atoms with Gasteiger partial charge in [-0.2, -0.15) is 0 Å². The molecule has 0 spiro atoms. The van der Waals surface area contributed by atoms with Gasteiger partial charge >= 0.3 is 0 Å². The molecule has 5 nitrogen and oxygen atoms in total. The van der Waals surface area contributed by atoms with E-state index in [-0.39, 0.29) is 19.3 Å². The van der Waals surface area contributed by atoms with Gasteiger partial charge in [0.2, 0.25) is 5.91 Å². The summed E-state index contributed by atoms with van der Waals surface area (Å²) in [6.45, 7) is 3.58. The van der Waals surface area contributed by atoms with Gasteiger partial charge < -0.3 is 20.7 Å². The van der Waals surface area contributed by atoms with E-state index in [1.165, 1.54) is 0 Å². The van der Waals surface area contributed by atoms with Gasteiger partial charge in [0, 0.05) is 19.3 Å². The van der Waals surface area contributed by atoms with Crippen LogP contribution in [0.5, 0.6) is 0 Å². The van der Waals surface area contributed by atoms with Gasteiger partial charge in [0.15, 0.2) is 0 Å². The number of carbonyl (C=O) groups is 2. The van der Waals surface area contributed by atoms with E-state index in [0.717, 1.165) is 0 Å². The number of primary amides is 1. The van der Waals surface area contributed by atoms with Crippen molar-refractivity contribution in [2.45, 2.75) is 64.9 Å². The van der Waals surface area contributed by atoms with Crippen molar-refractivity contribution in [1.29, 1.82) is 0 Å². The van der Waals surface area contributed by atoms with Crippen molar-refractivity contribution in [3.8, 4) is 0 Å². The standard InChI is InChI=1S/C14H27NO4.CH3/c1-3-11(13(15)17)7-5-9-12(14(18)19)8-4-6-10(2)16;/h10-12,16H,3-9H2,1-2H3,(H2,15,17)(H,18,19);1H3/q;+1/p-1. The number of aliphatic hydroxyl groups is 1. The first-order valence-electron chi connectivity index (χ1n) is 7.06. The van der Waals surface area contributed by atoms with Crippen LogP contribution >= 0.6 is 0 Å². The van der Waals surface area contributed by atoms with Crippen LogP contribution < -0.4 is 10.8 Å². The minimum Gasteiger partial charge on any atom is -0.550 e. The first kappa shape index (κ1) is 21.1. The summed E-state index contributed by atoms with van der Waals surface area (Å²) in [5.41, 5.74) is 5.24. The molecule has 0 fully saturated rings. The Kier molecular flexibility index (Phi) is 12.2. The normalized spacial score (nSPS) is 14.9. The molecule has 0 rings (SSSR count). The second-order valence-electron chi connectivity index (χ2n) is 5.23. The lowest BCUT2D eigenvalue weighted by atomic mass is 9.91. The van der Waals surface area contributed by atoms with Crippen LogP contribution in [0.4, 0.5) is 0 Å². The molecule has 3 N–H and O–H groups in total. The van der Waals surface area contributed by atoms with Crippen molar-refractivity contribution in [3.63, 3.8) is 0 Å². The van der Waals surface area contributed by atoms with E-state index in [1.54, 1.807) is 6.92 Å². The maximum atomic E-state index is 11.1. The molecule has 0 radical (unpaired) electrons. The summed E-state index contributed by atoms with van der Waals surface area (Å²) in [6, 6.07) is 0. The molecule has 0 aromatic rings. The van der Waals surface area contributed by atoms with Gasteiger partial charge in [-0.1, -0.05) is 19.8 Å². The highest BCUT2D eigenvalue weighted by Gasteiger charge is 2.15. The largest absolute Gasteiger partial charge is 0.550 e. The summed E-state index contributed by atoms with van der Waals surface area (Å²) < 4.78 is 0. The number of carboxylic acids is 1. The number of aliphatic carboxylic acids is 1. The van der Waals surface area contributed by atoms with Crippen LogP contribution in [0.3, 0.4) is 0 Å². The average molecular weight is 287 g/mol. The molecule has 20 heavy (non-hydrogen) atoms. The van der Waals surface area contributed by atoms with Gasteiger partial charge in [-0.05, 0) is 44.9 Å². The first-order valence-corrected chi connectivity index (χ1v) is 7.06.